The van der Waals surface area contributed by atoms with Gasteiger partial charge in [-0.05, 0) is 107 Å². The first-order valence-electron chi connectivity index (χ1n) is 24.6. The molecular formula is C63H66O6P2. The fourth-order valence-corrected chi connectivity index (χ4v) is 8.15. The molecule has 0 radical (unpaired) electrons. The van der Waals surface area contributed by atoms with Gasteiger partial charge < -0.3 is 18.1 Å². The summed E-state index contributed by atoms with van der Waals surface area (Å²) in [6.45, 7) is 9.81. The van der Waals surface area contributed by atoms with Crippen molar-refractivity contribution in [3.63, 3.8) is 0 Å². The van der Waals surface area contributed by atoms with Crippen molar-refractivity contribution in [1.29, 1.82) is 0 Å². The van der Waals surface area contributed by atoms with Crippen molar-refractivity contribution in [2.24, 2.45) is 0 Å². The van der Waals surface area contributed by atoms with Crippen molar-refractivity contribution >= 4 is 17.2 Å². The predicted octanol–water partition coefficient (Wildman–Crippen LogP) is 14.3. The quantitative estimate of drug-likeness (QED) is 0.0414. The van der Waals surface area contributed by atoms with Crippen molar-refractivity contribution < 1.29 is 27.1 Å². The second-order valence-corrected chi connectivity index (χ2v) is 18.4. The van der Waals surface area contributed by atoms with E-state index < -0.39 is 17.2 Å². The zero-order valence-electron chi connectivity index (χ0n) is 42.2. The van der Waals surface area contributed by atoms with Crippen LogP contribution in [0.15, 0.2) is 48.5 Å². The molecule has 2 atom stereocenters. The van der Waals surface area contributed by atoms with E-state index in [2.05, 4.69) is 158 Å². The monoisotopic (exact) mass is 980 g/mol. The highest BCUT2D eigenvalue weighted by Gasteiger charge is 2.25. The Balaban J connectivity index is 2.09. The normalized spacial score (nSPS) is 10.1. The molecule has 71 heavy (non-hydrogen) atoms. The number of hydrogen-bond acceptors (Lipinski definition) is 6. The third-order valence-electron chi connectivity index (χ3n) is 10.4. The summed E-state index contributed by atoms with van der Waals surface area (Å²) in [4.78, 5) is 0. The SMILES string of the molecule is C#CC#CC#CC#CC#CC#COP(OCCCCCCCCCCCC)Oc1ccc(C(C)(C)c2ccc(OP(OC#CC#CC#CC#CC#CC#C)OCCCCCCCCCCCC)cc2)cc1. The van der Waals surface area contributed by atoms with E-state index in [9.17, 15) is 0 Å². The smallest absolute Gasteiger partial charge is 0.417 e. The van der Waals surface area contributed by atoms with E-state index >= 15 is 0 Å². The van der Waals surface area contributed by atoms with Crippen LogP contribution < -0.4 is 9.05 Å². The Morgan fingerprint density at radius 1 is 0.366 bits per heavy atom. The van der Waals surface area contributed by atoms with E-state index in [-0.39, 0.29) is 5.41 Å². The van der Waals surface area contributed by atoms with Crippen LogP contribution in [0, 0.1) is 143 Å². The van der Waals surface area contributed by atoms with Crippen molar-refractivity contribution in [2.45, 2.75) is 162 Å². The van der Waals surface area contributed by atoms with E-state index in [0.29, 0.717) is 24.7 Å². The average Bonchev–Trinajstić information content (AvgIpc) is 3.38. The second-order valence-electron chi connectivity index (χ2n) is 16.3. The number of terminal acetylenes is 2. The van der Waals surface area contributed by atoms with E-state index in [1.54, 1.807) is 0 Å². The number of benzene rings is 2. The highest BCUT2D eigenvalue weighted by atomic mass is 31.2. The lowest BCUT2D eigenvalue weighted by atomic mass is 9.78. The van der Waals surface area contributed by atoms with E-state index in [1.165, 1.54) is 103 Å². The van der Waals surface area contributed by atoms with Crippen LogP contribution in [-0.2, 0) is 23.5 Å². The van der Waals surface area contributed by atoms with E-state index in [1.807, 2.05) is 48.5 Å². The van der Waals surface area contributed by atoms with Crippen LogP contribution in [0.2, 0.25) is 0 Å². The Morgan fingerprint density at radius 2 is 0.634 bits per heavy atom. The molecule has 0 bridgehead atoms. The molecule has 0 saturated heterocycles. The van der Waals surface area contributed by atoms with Crippen molar-refractivity contribution in [3.8, 4) is 155 Å². The average molecular weight is 981 g/mol. The summed E-state index contributed by atoms with van der Waals surface area (Å²) >= 11 is 0. The van der Waals surface area contributed by atoms with Gasteiger partial charge in [0.2, 0.25) is 0 Å². The summed E-state index contributed by atoms with van der Waals surface area (Å²) in [6, 6.07) is 15.8. The maximum absolute atomic E-state index is 6.19. The zero-order valence-corrected chi connectivity index (χ0v) is 44.0. The third-order valence-corrected chi connectivity index (χ3v) is 12.4. The number of rotatable bonds is 32. The molecule has 0 aliphatic carbocycles. The highest BCUT2D eigenvalue weighted by molar-refractivity contribution is 7.42. The number of hydrogen-bond donors (Lipinski definition) is 0. The van der Waals surface area contributed by atoms with Gasteiger partial charge in [-0.1, -0.05) is 168 Å². The topological polar surface area (TPSA) is 55.4 Å². The molecule has 0 amide bonds. The molecule has 0 spiro atoms. The molecule has 0 aromatic heterocycles. The summed E-state index contributed by atoms with van der Waals surface area (Å²) in [5.74, 6) is 51.5. The molecule has 0 saturated carbocycles. The molecule has 0 heterocycles. The molecule has 364 valence electrons. The summed E-state index contributed by atoms with van der Waals surface area (Å²) in [5, 5.41) is 0. The lowest BCUT2D eigenvalue weighted by Gasteiger charge is -2.26. The summed E-state index contributed by atoms with van der Waals surface area (Å²) < 4.78 is 36.0. The molecule has 0 aliphatic rings. The van der Waals surface area contributed by atoms with Gasteiger partial charge >= 0.3 is 17.2 Å². The van der Waals surface area contributed by atoms with E-state index in [0.717, 1.165) is 36.8 Å². The summed E-state index contributed by atoms with van der Waals surface area (Å²) in [6.07, 6.45) is 39.9. The van der Waals surface area contributed by atoms with Crippen LogP contribution in [0.3, 0.4) is 0 Å². The van der Waals surface area contributed by atoms with Crippen LogP contribution in [0.1, 0.15) is 167 Å². The first-order valence-corrected chi connectivity index (χ1v) is 26.8. The fraction of sp³-hybridized carbons (Fsp3) is 0.429. The Hall–Kier alpha value is -6.86. The Morgan fingerprint density at radius 3 is 0.930 bits per heavy atom. The fourth-order valence-electron chi connectivity index (χ4n) is 6.48. The highest BCUT2D eigenvalue weighted by Crippen LogP contribution is 2.43. The van der Waals surface area contributed by atoms with Gasteiger partial charge in [0.25, 0.3) is 0 Å². The maximum atomic E-state index is 6.19. The molecule has 2 unspecified atom stereocenters. The molecule has 8 heteroatoms. The van der Waals surface area contributed by atoms with Crippen molar-refractivity contribution in [1.82, 2.24) is 0 Å². The summed E-state index contributed by atoms with van der Waals surface area (Å²) in [7, 11) is -3.64. The van der Waals surface area contributed by atoms with Crippen molar-refractivity contribution in [2.75, 3.05) is 13.2 Å². The largest absolute Gasteiger partial charge is 0.472 e. The Kier molecular flexibility index (Phi) is 36.7. The minimum atomic E-state index is -1.82. The second kappa shape index (κ2) is 43.2. The molecule has 2 rings (SSSR count). The van der Waals surface area contributed by atoms with Gasteiger partial charge in [-0.25, -0.2) is 0 Å². The third kappa shape index (κ3) is 32.6. The van der Waals surface area contributed by atoms with Gasteiger partial charge in [0.05, 0.1) is 13.2 Å². The lowest BCUT2D eigenvalue weighted by Crippen LogP contribution is -2.18. The van der Waals surface area contributed by atoms with Crippen LogP contribution >= 0.6 is 17.2 Å². The van der Waals surface area contributed by atoms with E-state index in [4.69, 9.17) is 40.0 Å². The van der Waals surface area contributed by atoms with Gasteiger partial charge in [-0.3, -0.25) is 9.05 Å². The standard InChI is InChI=1S/C63H66O6P2/c1-7-11-15-19-23-27-31-35-39-43-55-64-70(65-56-44-40-36-32-28-24-20-16-12-8-2)68-61-51-47-59(48-52-61)63(5,6)60-49-53-62(54-50-60)69-71(66-57-45-41-37-33-29-25-21-17-13-9-3)67-58-46-42-38-34-30-26-22-18-14-10-4/h1,3,47-54H,8,10,12,14,16,18,20,22,24,26,28,30,32,34,36,38,40,42,44,46,56,58H2,2,4-6H3. The molecule has 0 N–H and O–H groups in total. The zero-order chi connectivity index (χ0) is 51.0. The van der Waals surface area contributed by atoms with Crippen LogP contribution in [0.4, 0.5) is 0 Å². The van der Waals surface area contributed by atoms with Gasteiger partial charge in [-0.15, -0.1) is 12.8 Å². The Bertz CT molecular complexity index is 2420. The lowest BCUT2D eigenvalue weighted by molar-refractivity contribution is 0.249. The Labute approximate surface area is 431 Å². The van der Waals surface area contributed by atoms with Gasteiger partial charge in [0.15, 0.2) is 0 Å². The van der Waals surface area contributed by atoms with Gasteiger partial charge in [0, 0.05) is 64.6 Å². The minimum absolute atomic E-state index is 0.362. The van der Waals surface area contributed by atoms with Crippen molar-refractivity contribution in [3.05, 3.63) is 59.7 Å². The van der Waals surface area contributed by atoms with Crippen LogP contribution in [-0.4, -0.2) is 13.2 Å². The number of unbranched alkanes of at least 4 members (excludes halogenated alkanes) is 18. The predicted molar refractivity (Wildman–Crippen MR) is 293 cm³/mol. The minimum Gasteiger partial charge on any atom is -0.417 e. The molecule has 2 aromatic rings. The maximum Gasteiger partial charge on any atom is 0.472 e. The molecule has 2 aromatic carbocycles. The van der Waals surface area contributed by atoms with Crippen LogP contribution in [0.5, 0.6) is 11.5 Å². The molecule has 0 aliphatic heterocycles. The summed E-state index contributed by atoms with van der Waals surface area (Å²) in [5.41, 5.74) is 1.80. The first kappa shape index (κ1) is 60.3. The molecule has 6 nitrogen and oxygen atoms in total. The van der Waals surface area contributed by atoms with Gasteiger partial charge in [0.1, 0.15) is 23.7 Å². The molecule has 0 fully saturated rings. The first-order chi connectivity index (χ1) is 34.9. The molecular weight excluding hydrogens is 915 g/mol. The van der Waals surface area contributed by atoms with Gasteiger partial charge in [-0.2, -0.15) is 0 Å². The van der Waals surface area contributed by atoms with Crippen LogP contribution in [0.25, 0.3) is 0 Å².